The van der Waals surface area contributed by atoms with E-state index in [0.717, 1.165) is 16.6 Å². The van der Waals surface area contributed by atoms with Crippen LogP contribution in [0.3, 0.4) is 0 Å². The van der Waals surface area contributed by atoms with Gasteiger partial charge in [-0.1, -0.05) is 32.4 Å². The lowest BCUT2D eigenvalue weighted by Gasteiger charge is -2.36. The molecule has 20 heavy (non-hydrogen) atoms. The van der Waals surface area contributed by atoms with E-state index in [1.165, 1.54) is 0 Å². The summed E-state index contributed by atoms with van der Waals surface area (Å²) < 4.78 is 8.07. The lowest BCUT2D eigenvalue weighted by molar-refractivity contribution is 0.273. The minimum absolute atomic E-state index is 0.178. The van der Waals surface area contributed by atoms with Crippen LogP contribution in [0.15, 0.2) is 12.3 Å². The number of aromatic nitrogens is 3. The Hall–Kier alpha value is -0.913. The van der Waals surface area contributed by atoms with Crippen molar-refractivity contribution in [1.82, 2.24) is 14.8 Å². The Morgan fingerprint density at radius 2 is 2.00 bits per heavy atom. The van der Waals surface area contributed by atoms with Crippen molar-refractivity contribution in [3.63, 3.8) is 0 Å². The molecule has 0 unspecified atom stereocenters. The summed E-state index contributed by atoms with van der Waals surface area (Å²) in [5.74, 6) is 0. The average molecular weight is 312 g/mol. The summed E-state index contributed by atoms with van der Waals surface area (Å²) in [6.45, 7) is 11.6. The smallest absolute Gasteiger partial charge is 0.192 e. The maximum absolute atomic E-state index is 6.24. The third-order valence-electron chi connectivity index (χ3n) is 4.13. The van der Waals surface area contributed by atoms with E-state index in [4.69, 9.17) is 16.0 Å². The Bertz CT molecular complexity index is 631. The number of halogens is 1. The molecular weight excluding hydrogens is 290 g/mol. The number of hydrogen-bond donors (Lipinski definition) is 0. The summed E-state index contributed by atoms with van der Waals surface area (Å²) in [5.41, 5.74) is 1.85. The van der Waals surface area contributed by atoms with Crippen LogP contribution in [0.4, 0.5) is 0 Å². The number of pyridine rings is 1. The zero-order chi connectivity index (χ0) is 15.1. The van der Waals surface area contributed by atoms with Crippen LogP contribution in [0, 0.1) is 0 Å². The summed E-state index contributed by atoms with van der Waals surface area (Å²) >= 11 is 6.08. The van der Waals surface area contributed by atoms with Gasteiger partial charge in [-0.2, -0.15) is 5.10 Å². The first kappa shape index (κ1) is 15.5. The predicted octanol–water partition coefficient (Wildman–Crippen LogP) is 4.14. The van der Waals surface area contributed by atoms with Crippen molar-refractivity contribution in [3.05, 3.63) is 23.1 Å². The van der Waals surface area contributed by atoms with Crippen LogP contribution in [0.1, 0.15) is 26.5 Å². The molecule has 2 rings (SSSR count). The van der Waals surface area contributed by atoms with Crippen LogP contribution in [0.5, 0.6) is 0 Å². The second-order valence-corrected chi connectivity index (χ2v) is 11.8. The molecule has 0 N–H and O–H groups in total. The van der Waals surface area contributed by atoms with Crippen molar-refractivity contribution in [2.45, 2.75) is 45.5 Å². The predicted molar refractivity (Wildman–Crippen MR) is 85.5 cm³/mol. The number of rotatable bonds is 3. The van der Waals surface area contributed by atoms with E-state index in [-0.39, 0.29) is 5.04 Å². The maximum Gasteiger partial charge on any atom is 0.192 e. The fourth-order valence-electron chi connectivity index (χ4n) is 1.82. The van der Waals surface area contributed by atoms with Crippen molar-refractivity contribution in [1.29, 1.82) is 0 Å². The first-order valence-corrected chi connectivity index (χ1v) is 10.0. The van der Waals surface area contributed by atoms with E-state index in [0.29, 0.717) is 11.8 Å². The molecule has 2 aromatic rings. The third-order valence-corrected chi connectivity index (χ3v) is 8.80. The van der Waals surface area contributed by atoms with Crippen molar-refractivity contribution in [2.24, 2.45) is 7.05 Å². The molecule has 0 spiro atoms. The number of nitrogens with zero attached hydrogens (tertiary/aromatic N) is 3. The molecular formula is C14H22ClN3OSi. The zero-order valence-electron chi connectivity index (χ0n) is 13.0. The van der Waals surface area contributed by atoms with Gasteiger partial charge >= 0.3 is 0 Å². The molecule has 6 heteroatoms. The topological polar surface area (TPSA) is 39.9 Å². The van der Waals surface area contributed by atoms with Crippen LogP contribution in [0.2, 0.25) is 23.3 Å². The second-order valence-electron chi connectivity index (χ2n) is 6.65. The van der Waals surface area contributed by atoms with Gasteiger partial charge in [0, 0.05) is 12.4 Å². The summed E-state index contributed by atoms with van der Waals surface area (Å²) in [6.07, 6.45) is 1.80. The Balaban J connectivity index is 2.33. The highest BCUT2D eigenvalue weighted by atomic mass is 35.5. The Labute approximate surface area is 126 Å². The van der Waals surface area contributed by atoms with E-state index in [1.807, 2.05) is 17.8 Å². The molecule has 0 aliphatic carbocycles. The fraction of sp³-hybridized carbons (Fsp3) is 0.571. The normalized spacial score (nSPS) is 13.2. The van der Waals surface area contributed by atoms with Gasteiger partial charge in [0.05, 0.1) is 24.0 Å². The standard InChI is InChI=1S/C14H22ClN3OSi/c1-14(2,3)20(5,6)19-9-11-13-10(7-12(15)17-11)8-16-18(13)4/h7-8H,9H2,1-6H3. The Morgan fingerprint density at radius 1 is 1.35 bits per heavy atom. The quantitative estimate of drug-likeness (QED) is 0.631. The third kappa shape index (κ3) is 2.89. The van der Waals surface area contributed by atoms with Crippen LogP contribution >= 0.6 is 11.6 Å². The first-order valence-electron chi connectivity index (χ1n) is 6.73. The van der Waals surface area contributed by atoms with Gasteiger partial charge in [-0.05, 0) is 24.2 Å². The number of hydrogen-bond acceptors (Lipinski definition) is 3. The van der Waals surface area contributed by atoms with Gasteiger partial charge in [-0.15, -0.1) is 0 Å². The molecule has 0 amide bonds. The maximum atomic E-state index is 6.24. The summed E-state index contributed by atoms with van der Waals surface area (Å²) in [7, 11) is 0.108. The van der Waals surface area contributed by atoms with Crippen LogP contribution in [-0.2, 0) is 18.1 Å². The molecule has 0 bridgehead atoms. The van der Waals surface area contributed by atoms with Crippen molar-refractivity contribution < 1.29 is 4.43 Å². The molecule has 0 aliphatic rings. The monoisotopic (exact) mass is 311 g/mol. The van der Waals surface area contributed by atoms with E-state index >= 15 is 0 Å². The molecule has 2 heterocycles. The highest BCUT2D eigenvalue weighted by molar-refractivity contribution is 6.74. The van der Waals surface area contributed by atoms with Crippen molar-refractivity contribution in [2.75, 3.05) is 0 Å². The second kappa shape index (κ2) is 5.13. The largest absolute Gasteiger partial charge is 0.411 e. The fourth-order valence-corrected chi connectivity index (χ4v) is 2.97. The van der Waals surface area contributed by atoms with Crippen molar-refractivity contribution >= 4 is 30.8 Å². The molecule has 0 saturated heterocycles. The molecule has 0 saturated carbocycles. The number of fused-ring (bicyclic) bond motifs is 1. The van der Waals surface area contributed by atoms with Crippen LogP contribution in [-0.4, -0.2) is 23.1 Å². The van der Waals surface area contributed by atoms with Gasteiger partial charge in [-0.25, -0.2) is 4.98 Å². The highest BCUT2D eigenvalue weighted by Gasteiger charge is 2.37. The van der Waals surface area contributed by atoms with Gasteiger partial charge in [0.15, 0.2) is 8.32 Å². The molecule has 4 nitrogen and oxygen atoms in total. The lowest BCUT2D eigenvalue weighted by atomic mass is 10.2. The number of aryl methyl sites for hydroxylation is 1. The summed E-state index contributed by atoms with van der Waals surface area (Å²) in [5, 5.41) is 5.93. The van der Waals surface area contributed by atoms with Crippen LogP contribution < -0.4 is 0 Å². The summed E-state index contributed by atoms with van der Waals surface area (Å²) in [6, 6.07) is 1.83. The van der Waals surface area contributed by atoms with E-state index < -0.39 is 8.32 Å². The van der Waals surface area contributed by atoms with Gasteiger partial charge in [0.2, 0.25) is 0 Å². The molecule has 0 atom stereocenters. The SMILES string of the molecule is Cn1ncc2cc(Cl)nc(CO[Si](C)(C)C(C)(C)C)c21. The van der Waals surface area contributed by atoms with Crippen molar-refractivity contribution in [3.8, 4) is 0 Å². The highest BCUT2D eigenvalue weighted by Crippen LogP contribution is 2.37. The molecule has 0 aliphatic heterocycles. The zero-order valence-corrected chi connectivity index (χ0v) is 14.7. The summed E-state index contributed by atoms with van der Waals surface area (Å²) in [4.78, 5) is 4.42. The average Bonchev–Trinajstić information content (AvgIpc) is 2.66. The van der Waals surface area contributed by atoms with Gasteiger partial charge in [0.25, 0.3) is 0 Å². The molecule has 0 fully saturated rings. The minimum atomic E-state index is -1.80. The first-order chi connectivity index (χ1) is 9.12. The molecule has 2 aromatic heterocycles. The van der Waals surface area contributed by atoms with Crippen LogP contribution in [0.25, 0.3) is 10.9 Å². The molecule has 0 radical (unpaired) electrons. The molecule has 110 valence electrons. The lowest BCUT2D eigenvalue weighted by Crippen LogP contribution is -2.40. The van der Waals surface area contributed by atoms with Gasteiger partial charge < -0.3 is 4.43 Å². The Kier molecular flexibility index (Phi) is 3.97. The van der Waals surface area contributed by atoms with E-state index in [2.05, 4.69) is 43.9 Å². The van der Waals surface area contributed by atoms with Gasteiger partial charge in [-0.3, -0.25) is 4.68 Å². The molecule has 0 aromatic carbocycles. The van der Waals surface area contributed by atoms with E-state index in [1.54, 1.807) is 6.20 Å². The Morgan fingerprint density at radius 3 is 2.60 bits per heavy atom. The minimum Gasteiger partial charge on any atom is -0.411 e. The van der Waals surface area contributed by atoms with Gasteiger partial charge in [0.1, 0.15) is 5.15 Å². The van der Waals surface area contributed by atoms with E-state index in [9.17, 15) is 0 Å².